The van der Waals surface area contributed by atoms with Gasteiger partial charge in [-0.3, -0.25) is 0 Å². The average molecular weight is 561 g/mol. The normalized spacial score (nSPS) is 23.6. The van der Waals surface area contributed by atoms with Crippen LogP contribution >= 0.6 is 0 Å². The third-order valence-corrected chi connectivity index (χ3v) is 8.74. The third kappa shape index (κ3) is 11.3. The molecule has 0 heterocycles. The molecule has 0 radical (unpaired) electrons. The van der Waals surface area contributed by atoms with Crippen molar-refractivity contribution in [3.8, 4) is 0 Å². The lowest BCUT2D eigenvalue weighted by atomic mass is 9.72. The van der Waals surface area contributed by atoms with Crippen LogP contribution in [0.5, 0.6) is 0 Å². The molecule has 0 spiro atoms. The molecule has 2 saturated carbocycles. The number of hydrogen-bond acceptors (Lipinski definition) is 6. The summed E-state index contributed by atoms with van der Waals surface area (Å²) in [6.45, 7) is 22.4. The van der Waals surface area contributed by atoms with Crippen molar-refractivity contribution in [2.75, 3.05) is 0 Å². The largest absolute Gasteiger partial charge is 0.550 e. The number of carbonyl (C=O) groups excluding carboxylic acids is 2. The molecule has 3 rings (SSSR count). The molecule has 228 valence electrons. The van der Waals surface area contributed by atoms with Crippen LogP contribution in [0, 0.1) is 22.7 Å². The Kier molecular flexibility index (Phi) is 12.8. The Hall–Kier alpha value is -2.24. The van der Waals surface area contributed by atoms with E-state index in [4.69, 9.17) is 9.47 Å². The summed E-state index contributed by atoms with van der Waals surface area (Å²) in [4.78, 5) is 32.5. The van der Waals surface area contributed by atoms with Crippen LogP contribution < -0.4 is 0 Å². The molecule has 1 aromatic carbocycles. The summed E-state index contributed by atoms with van der Waals surface area (Å²) < 4.78 is 10.5. The molecule has 2 aliphatic rings. The number of hydrogen-bond donors (Lipinski definition) is 0. The highest BCUT2D eigenvalue weighted by Crippen LogP contribution is 2.39. The average Bonchev–Trinajstić information content (AvgIpc) is 2.87. The Labute approximate surface area is 243 Å². The van der Waals surface area contributed by atoms with Gasteiger partial charge in [-0.15, -0.1) is 0 Å². The van der Waals surface area contributed by atoms with Gasteiger partial charge in [0.1, 0.15) is 12.2 Å². The Morgan fingerprint density at radius 3 is 1.15 bits per heavy atom. The summed E-state index contributed by atoms with van der Waals surface area (Å²) in [7, 11) is 0. The number of benzene rings is 1. The minimum absolute atomic E-state index is 0.182. The van der Waals surface area contributed by atoms with Crippen LogP contribution in [0.1, 0.15) is 144 Å². The van der Waals surface area contributed by atoms with Gasteiger partial charge in [0.05, 0.1) is 0 Å². The highest BCUT2D eigenvalue weighted by molar-refractivity contribution is 5.63. The van der Waals surface area contributed by atoms with E-state index in [0.29, 0.717) is 23.7 Å². The fraction of sp³-hybridized carbons (Fsp3) is 0.765. The van der Waals surface area contributed by atoms with Crippen LogP contribution in [-0.2, 0) is 19.2 Å². The maximum Gasteiger partial charge on any atom is 0.550 e. The van der Waals surface area contributed by atoms with Gasteiger partial charge >= 0.3 is 12.3 Å². The van der Waals surface area contributed by atoms with Crippen molar-refractivity contribution in [2.45, 2.75) is 145 Å². The van der Waals surface area contributed by atoms with Crippen LogP contribution in [0.25, 0.3) is 0 Å². The van der Waals surface area contributed by atoms with Gasteiger partial charge in [-0.1, -0.05) is 93.5 Å². The Bertz CT molecular complexity index is 832. The minimum Gasteiger partial charge on any atom is -0.428 e. The first-order chi connectivity index (χ1) is 18.6. The molecular weight excluding hydrogens is 504 g/mol. The monoisotopic (exact) mass is 560 g/mol. The number of ether oxygens (including phenoxy) is 2. The van der Waals surface area contributed by atoms with Crippen LogP contribution in [0.15, 0.2) is 24.3 Å². The van der Waals surface area contributed by atoms with Gasteiger partial charge in [-0.2, -0.15) is 19.4 Å². The summed E-state index contributed by atoms with van der Waals surface area (Å²) in [6.07, 6.45) is 4.96. The first-order valence-electron chi connectivity index (χ1n) is 15.4. The van der Waals surface area contributed by atoms with Crippen molar-refractivity contribution in [2.24, 2.45) is 22.7 Å². The zero-order valence-electron chi connectivity index (χ0n) is 26.9. The zero-order valence-corrected chi connectivity index (χ0v) is 26.9. The van der Waals surface area contributed by atoms with E-state index in [9.17, 15) is 9.59 Å². The van der Waals surface area contributed by atoms with E-state index in [-0.39, 0.29) is 23.0 Å². The summed E-state index contributed by atoms with van der Waals surface area (Å²) in [5.41, 5.74) is 3.52. The van der Waals surface area contributed by atoms with E-state index in [1.807, 2.05) is 0 Å². The Morgan fingerprint density at radius 2 is 0.900 bits per heavy atom. The van der Waals surface area contributed by atoms with Gasteiger partial charge in [0.25, 0.3) is 0 Å². The molecule has 6 heteroatoms. The van der Waals surface area contributed by atoms with Gasteiger partial charge in [0.15, 0.2) is 0 Å². The zero-order chi connectivity index (χ0) is 30.1. The predicted molar refractivity (Wildman–Crippen MR) is 160 cm³/mol. The van der Waals surface area contributed by atoms with E-state index in [2.05, 4.69) is 103 Å². The first kappa shape index (κ1) is 34.0. The summed E-state index contributed by atoms with van der Waals surface area (Å²) in [5.74, 6) is 2.54. The Balaban J connectivity index is 0.000000389. The molecule has 0 amide bonds. The standard InChI is InChI=1S/C22H38O6.C12H18/c1-21(2,3)15-7-11-17(12-8-15)25-19(23)27-28-20(24)26-18-13-9-16(10-14-18)22(4,5)6;1-9(2)11-7-5-6-8-12(11)10(3)4/h15-18H,7-14H2,1-6H3;5-10H,1-4H3. The van der Waals surface area contributed by atoms with E-state index in [1.165, 1.54) is 11.1 Å². The molecule has 0 unspecified atom stereocenters. The van der Waals surface area contributed by atoms with Gasteiger partial charge in [0.2, 0.25) is 0 Å². The van der Waals surface area contributed by atoms with E-state index in [1.54, 1.807) is 0 Å². The van der Waals surface area contributed by atoms with E-state index >= 15 is 0 Å². The highest BCUT2D eigenvalue weighted by atomic mass is 17.3. The van der Waals surface area contributed by atoms with Crippen molar-refractivity contribution >= 4 is 12.3 Å². The summed E-state index contributed by atoms with van der Waals surface area (Å²) >= 11 is 0. The van der Waals surface area contributed by atoms with Crippen molar-refractivity contribution < 1.29 is 28.8 Å². The molecule has 6 nitrogen and oxygen atoms in total. The van der Waals surface area contributed by atoms with Crippen LogP contribution in [0.2, 0.25) is 0 Å². The Morgan fingerprint density at radius 1 is 0.600 bits per heavy atom. The molecule has 0 aliphatic heterocycles. The maximum atomic E-state index is 11.8. The molecule has 0 aromatic heterocycles. The molecule has 0 saturated heterocycles. The first-order valence-corrected chi connectivity index (χ1v) is 15.4. The lowest BCUT2D eigenvalue weighted by molar-refractivity contribution is -0.227. The molecule has 1 aromatic rings. The van der Waals surface area contributed by atoms with E-state index < -0.39 is 12.3 Å². The topological polar surface area (TPSA) is 71.1 Å². The lowest BCUT2D eigenvalue weighted by Crippen LogP contribution is -2.31. The van der Waals surface area contributed by atoms with Crippen LogP contribution in [0.3, 0.4) is 0 Å². The second kappa shape index (κ2) is 15.1. The second-order valence-corrected chi connectivity index (χ2v) is 14.5. The van der Waals surface area contributed by atoms with Gasteiger partial charge in [-0.05, 0) is 97.0 Å². The fourth-order valence-corrected chi connectivity index (χ4v) is 6.04. The van der Waals surface area contributed by atoms with Crippen molar-refractivity contribution in [1.82, 2.24) is 0 Å². The lowest BCUT2D eigenvalue weighted by Gasteiger charge is -2.36. The van der Waals surface area contributed by atoms with Gasteiger partial charge in [0, 0.05) is 0 Å². The smallest absolute Gasteiger partial charge is 0.428 e. The molecule has 40 heavy (non-hydrogen) atoms. The van der Waals surface area contributed by atoms with Crippen molar-refractivity contribution in [1.29, 1.82) is 0 Å². The quantitative estimate of drug-likeness (QED) is 0.207. The third-order valence-electron chi connectivity index (χ3n) is 8.74. The molecule has 0 atom stereocenters. The van der Waals surface area contributed by atoms with Crippen LogP contribution in [-0.4, -0.2) is 24.5 Å². The van der Waals surface area contributed by atoms with Crippen LogP contribution in [0.4, 0.5) is 9.59 Å². The second-order valence-electron chi connectivity index (χ2n) is 14.5. The number of rotatable bonds is 4. The molecule has 2 fully saturated rings. The van der Waals surface area contributed by atoms with Gasteiger partial charge in [-0.25, -0.2) is 0 Å². The molecule has 0 N–H and O–H groups in total. The fourth-order valence-electron chi connectivity index (χ4n) is 6.04. The molecular formula is C34H56O6. The van der Waals surface area contributed by atoms with Crippen molar-refractivity contribution in [3.63, 3.8) is 0 Å². The molecule has 0 bridgehead atoms. The summed E-state index contributed by atoms with van der Waals surface area (Å²) in [5, 5.41) is 0. The number of carbonyl (C=O) groups is 2. The minimum atomic E-state index is -0.979. The summed E-state index contributed by atoms with van der Waals surface area (Å²) in [6, 6.07) is 8.72. The SMILES string of the molecule is CC(C)(C)C1CCC(OC(=O)OOC(=O)OC2CCC(C(C)(C)C)CC2)CC1.CC(C)c1ccccc1C(C)C. The highest BCUT2D eigenvalue weighted by Gasteiger charge is 2.33. The van der Waals surface area contributed by atoms with Gasteiger partial charge < -0.3 is 9.47 Å². The predicted octanol–water partition coefficient (Wildman–Crippen LogP) is 10.4. The van der Waals surface area contributed by atoms with Crippen molar-refractivity contribution in [3.05, 3.63) is 35.4 Å². The maximum absolute atomic E-state index is 11.8. The van der Waals surface area contributed by atoms with E-state index in [0.717, 1.165) is 51.4 Å². The molecule has 2 aliphatic carbocycles.